The number of benzene rings is 1. The minimum Gasteiger partial charge on any atom is -0.367 e. The van der Waals surface area contributed by atoms with Gasteiger partial charge in [-0.3, -0.25) is 9.69 Å². The summed E-state index contributed by atoms with van der Waals surface area (Å²) < 4.78 is 2.24. The molecule has 182 valence electrons. The van der Waals surface area contributed by atoms with Crippen LogP contribution in [0.2, 0.25) is 0 Å². The monoisotopic (exact) mass is 462 g/mol. The van der Waals surface area contributed by atoms with Crippen molar-refractivity contribution in [1.29, 1.82) is 0 Å². The zero-order valence-electron chi connectivity index (χ0n) is 21.2. The molecule has 0 saturated heterocycles. The zero-order chi connectivity index (χ0) is 24.2. The first-order chi connectivity index (χ1) is 16.3. The van der Waals surface area contributed by atoms with Gasteiger partial charge in [-0.1, -0.05) is 37.5 Å². The average Bonchev–Trinajstić information content (AvgIpc) is 3.26. The summed E-state index contributed by atoms with van der Waals surface area (Å²) >= 11 is 0. The second-order valence-corrected chi connectivity index (χ2v) is 10.0. The summed E-state index contributed by atoms with van der Waals surface area (Å²) in [7, 11) is 0. The number of hydrogen-bond acceptors (Lipinski definition) is 6. The number of carbonyl (C=O) groups excluding carboxylic acids is 1. The zero-order valence-corrected chi connectivity index (χ0v) is 21.2. The fourth-order valence-corrected chi connectivity index (χ4v) is 5.09. The van der Waals surface area contributed by atoms with Crippen molar-refractivity contribution in [3.63, 3.8) is 0 Å². The largest absolute Gasteiger partial charge is 0.367 e. The van der Waals surface area contributed by atoms with Crippen molar-refractivity contribution in [2.45, 2.75) is 84.8 Å². The highest BCUT2D eigenvalue weighted by Crippen LogP contribution is 2.32. The van der Waals surface area contributed by atoms with Crippen LogP contribution in [0.5, 0.6) is 0 Å². The van der Waals surface area contributed by atoms with E-state index in [2.05, 4.69) is 42.5 Å². The number of anilines is 1. The van der Waals surface area contributed by atoms with E-state index in [1.807, 2.05) is 30.6 Å². The predicted octanol–water partition coefficient (Wildman–Crippen LogP) is 5.73. The van der Waals surface area contributed by atoms with Crippen LogP contribution in [0.15, 0.2) is 30.6 Å². The summed E-state index contributed by atoms with van der Waals surface area (Å²) in [6.45, 7) is 12.2. The second-order valence-electron chi connectivity index (χ2n) is 10.0. The highest BCUT2D eigenvalue weighted by molar-refractivity contribution is 5.95. The van der Waals surface area contributed by atoms with Crippen molar-refractivity contribution in [2.75, 3.05) is 18.4 Å². The van der Waals surface area contributed by atoms with Gasteiger partial charge in [0.1, 0.15) is 5.52 Å². The molecule has 0 bridgehead atoms. The highest BCUT2D eigenvalue weighted by atomic mass is 16.1. The molecule has 2 aromatic heterocycles. The Morgan fingerprint density at radius 3 is 2.53 bits per heavy atom. The molecular weight excluding hydrogens is 424 g/mol. The quantitative estimate of drug-likeness (QED) is 0.409. The Morgan fingerprint density at radius 2 is 1.85 bits per heavy atom. The van der Waals surface area contributed by atoms with Gasteiger partial charge in [0.15, 0.2) is 23.1 Å². The van der Waals surface area contributed by atoms with Gasteiger partial charge >= 0.3 is 0 Å². The lowest BCUT2D eigenvalue weighted by molar-refractivity contribution is 0.101. The lowest BCUT2D eigenvalue weighted by Crippen LogP contribution is -2.40. The number of ketones is 1. The van der Waals surface area contributed by atoms with Crippen LogP contribution in [0, 0.1) is 0 Å². The first-order valence-electron chi connectivity index (χ1n) is 12.7. The van der Waals surface area contributed by atoms with Gasteiger partial charge in [0.05, 0.1) is 6.33 Å². The van der Waals surface area contributed by atoms with Gasteiger partial charge in [-0.05, 0) is 53.5 Å². The Hall–Kier alpha value is -2.80. The van der Waals surface area contributed by atoms with Crippen LogP contribution in [0.1, 0.15) is 83.1 Å². The number of nitrogens with zero attached hydrogens (tertiary/aromatic N) is 5. The molecule has 7 heteroatoms. The Kier molecular flexibility index (Phi) is 7.61. The molecule has 3 aromatic rings. The maximum Gasteiger partial charge on any atom is 0.166 e. The Balaban J connectivity index is 1.72. The fourth-order valence-electron chi connectivity index (χ4n) is 5.09. The first kappa shape index (κ1) is 24.3. The van der Waals surface area contributed by atoms with Gasteiger partial charge in [0.25, 0.3) is 0 Å². The van der Waals surface area contributed by atoms with Crippen LogP contribution in [-0.4, -0.2) is 55.4 Å². The third kappa shape index (κ3) is 5.30. The first-order valence-corrected chi connectivity index (χ1v) is 12.7. The van der Waals surface area contributed by atoms with Crippen molar-refractivity contribution >= 4 is 22.8 Å². The number of Topliss-reactive ketones (excluding diaryl/α,β-unsaturated/α-hetero) is 1. The van der Waals surface area contributed by atoms with E-state index in [0.717, 1.165) is 48.5 Å². The second kappa shape index (κ2) is 10.6. The maximum atomic E-state index is 12.0. The molecule has 2 heterocycles. The van der Waals surface area contributed by atoms with E-state index in [1.165, 1.54) is 19.3 Å². The summed E-state index contributed by atoms with van der Waals surface area (Å²) in [6, 6.07) is 8.96. The summed E-state index contributed by atoms with van der Waals surface area (Å²) in [4.78, 5) is 29.0. The number of rotatable bonds is 9. The van der Waals surface area contributed by atoms with Gasteiger partial charge in [-0.15, -0.1) is 0 Å². The van der Waals surface area contributed by atoms with Gasteiger partial charge in [0.2, 0.25) is 0 Å². The van der Waals surface area contributed by atoms with E-state index in [-0.39, 0.29) is 5.78 Å². The molecule has 4 rings (SSSR count). The Morgan fingerprint density at radius 1 is 1.12 bits per heavy atom. The molecule has 1 fully saturated rings. The average molecular weight is 463 g/mol. The molecule has 0 atom stereocenters. The number of carbonyl (C=O) groups is 1. The van der Waals surface area contributed by atoms with E-state index in [9.17, 15) is 4.79 Å². The molecule has 0 aliphatic heterocycles. The lowest BCUT2D eigenvalue weighted by Gasteiger charge is -2.30. The maximum absolute atomic E-state index is 12.0. The van der Waals surface area contributed by atoms with Crippen LogP contribution < -0.4 is 5.32 Å². The molecule has 7 nitrogen and oxygen atoms in total. The van der Waals surface area contributed by atoms with Crippen molar-refractivity contribution in [3.8, 4) is 11.4 Å². The summed E-state index contributed by atoms with van der Waals surface area (Å²) in [6.07, 6.45) is 8.04. The molecule has 0 unspecified atom stereocenters. The van der Waals surface area contributed by atoms with E-state index >= 15 is 0 Å². The molecule has 1 aromatic carbocycles. The number of imidazole rings is 1. The third-order valence-corrected chi connectivity index (χ3v) is 6.91. The minimum atomic E-state index is 0.0380. The Bertz CT molecular complexity index is 1120. The molecule has 1 N–H and O–H groups in total. The molecule has 0 amide bonds. The van der Waals surface area contributed by atoms with Crippen LogP contribution >= 0.6 is 0 Å². The number of nitrogens with one attached hydrogen (secondary N) is 1. The number of fused-ring (bicyclic) bond motifs is 1. The molecule has 0 radical (unpaired) electrons. The smallest absolute Gasteiger partial charge is 0.166 e. The predicted molar refractivity (Wildman–Crippen MR) is 138 cm³/mol. The standard InChI is InChI=1S/C27H38N6O/c1-18(2)32(19(3)4)15-14-28-26-24-27(33(17-29-24)23-12-7-6-8-13-23)31-25(30-26)22-11-9-10-21(16-22)20(5)34/h9-11,16-19,23H,6-8,12-15H2,1-5H3,(H,28,30,31). The van der Waals surface area contributed by atoms with Crippen molar-refractivity contribution < 1.29 is 4.79 Å². The van der Waals surface area contributed by atoms with Crippen molar-refractivity contribution in [2.24, 2.45) is 0 Å². The van der Waals surface area contributed by atoms with Gasteiger partial charge in [0, 0.05) is 42.3 Å². The van der Waals surface area contributed by atoms with Crippen LogP contribution in [0.3, 0.4) is 0 Å². The molecule has 1 saturated carbocycles. The van der Waals surface area contributed by atoms with E-state index in [4.69, 9.17) is 15.0 Å². The van der Waals surface area contributed by atoms with Gasteiger partial charge in [-0.25, -0.2) is 15.0 Å². The topological polar surface area (TPSA) is 75.9 Å². The van der Waals surface area contributed by atoms with Crippen LogP contribution in [0.4, 0.5) is 5.82 Å². The van der Waals surface area contributed by atoms with Crippen LogP contribution in [0.25, 0.3) is 22.6 Å². The minimum absolute atomic E-state index is 0.0380. The summed E-state index contributed by atoms with van der Waals surface area (Å²) in [5, 5.41) is 3.56. The molecule has 0 spiro atoms. The molecule has 1 aliphatic carbocycles. The van der Waals surface area contributed by atoms with Crippen LogP contribution in [-0.2, 0) is 0 Å². The normalized spacial score (nSPS) is 15.1. The summed E-state index contributed by atoms with van der Waals surface area (Å²) in [5.41, 5.74) is 3.20. The molecule has 1 aliphatic rings. The van der Waals surface area contributed by atoms with Gasteiger partial charge < -0.3 is 9.88 Å². The van der Waals surface area contributed by atoms with Gasteiger partial charge in [-0.2, -0.15) is 0 Å². The third-order valence-electron chi connectivity index (χ3n) is 6.91. The fraction of sp³-hybridized carbons (Fsp3) is 0.556. The van der Waals surface area contributed by atoms with Crippen molar-refractivity contribution in [3.05, 3.63) is 36.2 Å². The Labute approximate surface area is 203 Å². The molecule has 34 heavy (non-hydrogen) atoms. The van der Waals surface area contributed by atoms with E-state index in [0.29, 0.717) is 29.5 Å². The number of aromatic nitrogens is 4. The van der Waals surface area contributed by atoms with E-state index < -0.39 is 0 Å². The SMILES string of the molecule is CC(=O)c1cccc(-c2nc(NCCN(C(C)C)C(C)C)c3ncn(C4CCCCC4)c3n2)c1. The highest BCUT2D eigenvalue weighted by Gasteiger charge is 2.22. The molecular formula is C27H38N6O. The van der Waals surface area contributed by atoms with E-state index in [1.54, 1.807) is 6.92 Å². The summed E-state index contributed by atoms with van der Waals surface area (Å²) in [5.74, 6) is 1.42. The van der Waals surface area contributed by atoms with Crippen molar-refractivity contribution in [1.82, 2.24) is 24.4 Å². The lowest BCUT2D eigenvalue weighted by atomic mass is 9.95. The number of hydrogen-bond donors (Lipinski definition) is 1.